The summed E-state index contributed by atoms with van der Waals surface area (Å²) in [6, 6.07) is 3.84. The Labute approximate surface area is 229 Å². The molecule has 0 saturated carbocycles. The van der Waals surface area contributed by atoms with Gasteiger partial charge in [-0.15, -0.1) is 0 Å². The lowest BCUT2D eigenvalue weighted by Crippen LogP contribution is -2.37. The van der Waals surface area contributed by atoms with Gasteiger partial charge in [-0.05, 0) is 28.7 Å². The molecule has 2 aromatic carbocycles. The second-order valence-electron chi connectivity index (χ2n) is 10.6. The smallest absolute Gasteiger partial charge is 0.341 e. The Bertz CT molecular complexity index is 1480. The van der Waals surface area contributed by atoms with Gasteiger partial charge in [0.15, 0.2) is 5.82 Å². The molecule has 0 aliphatic carbocycles. The monoisotopic (exact) mass is 564 g/mol. The molecule has 11 heteroatoms. The number of halogens is 3. The average molecular weight is 565 g/mol. The lowest BCUT2D eigenvalue weighted by atomic mass is 9.86. The van der Waals surface area contributed by atoms with Crippen molar-refractivity contribution >= 4 is 34.2 Å². The van der Waals surface area contributed by atoms with Crippen molar-refractivity contribution in [2.45, 2.75) is 33.2 Å². The molecule has 1 atom stereocenters. The van der Waals surface area contributed by atoms with Crippen LogP contribution in [-0.4, -0.2) is 60.8 Å². The number of methoxy groups -OCH3 is 1. The second kappa shape index (κ2) is 11.1. The maximum absolute atomic E-state index is 15.2. The molecule has 39 heavy (non-hydrogen) atoms. The lowest BCUT2D eigenvalue weighted by Gasteiger charge is -2.33. The zero-order chi connectivity index (χ0) is 28.6. The Morgan fingerprint density at radius 2 is 1.82 bits per heavy atom. The van der Waals surface area contributed by atoms with E-state index < -0.39 is 45.1 Å². The van der Waals surface area contributed by atoms with Crippen LogP contribution in [0.15, 0.2) is 29.2 Å². The molecule has 1 fully saturated rings. The third-order valence-electron chi connectivity index (χ3n) is 7.11. The van der Waals surface area contributed by atoms with Crippen LogP contribution < -0.4 is 15.1 Å². The summed E-state index contributed by atoms with van der Waals surface area (Å²) in [5, 5.41) is 19.4. The summed E-state index contributed by atoms with van der Waals surface area (Å²) >= 11 is 6.06. The van der Waals surface area contributed by atoms with Crippen molar-refractivity contribution in [3.05, 3.63) is 68.0 Å². The molecule has 8 nitrogen and oxygen atoms in total. The van der Waals surface area contributed by atoms with Crippen molar-refractivity contribution in [1.82, 2.24) is 4.57 Å². The Kier molecular flexibility index (Phi) is 8.20. The molecular formula is C28H31ClF2N2O6. The number of pyridine rings is 1. The Hall–Kier alpha value is -3.21. The fraction of sp³-hybridized carbons (Fsp3) is 0.429. The number of aliphatic hydroxyl groups is 1. The molecule has 4 rings (SSSR count). The third-order valence-corrected chi connectivity index (χ3v) is 7.44. The highest BCUT2D eigenvalue weighted by molar-refractivity contribution is 6.31. The van der Waals surface area contributed by atoms with Crippen molar-refractivity contribution in [1.29, 1.82) is 0 Å². The van der Waals surface area contributed by atoms with Gasteiger partial charge in [-0.2, -0.15) is 0 Å². The molecule has 210 valence electrons. The molecule has 1 aliphatic rings. The van der Waals surface area contributed by atoms with E-state index in [0.717, 1.165) is 0 Å². The van der Waals surface area contributed by atoms with E-state index in [1.807, 2.05) is 20.8 Å². The van der Waals surface area contributed by atoms with Gasteiger partial charge in [0.1, 0.15) is 22.2 Å². The number of fused-ring (bicyclic) bond motifs is 1. The van der Waals surface area contributed by atoms with Crippen LogP contribution in [0.5, 0.6) is 5.75 Å². The number of aromatic nitrogens is 1. The van der Waals surface area contributed by atoms with Gasteiger partial charge >= 0.3 is 5.97 Å². The standard InChI is InChI=1S/C28H31ClF2N2O6/c1-28(2,3)22(14-34)33-13-18(27(36)37)26(35)17-10-15(21(38-4)12-19(17)33)9-16-11-20(25(31)23(29)24(16)30)32-5-7-39-8-6-32/h10-13,22,34H,5-9,14H2,1-4H3,(H,36,37)/t22-/m1/s1. The van der Waals surface area contributed by atoms with E-state index >= 15 is 4.39 Å². The van der Waals surface area contributed by atoms with Gasteiger partial charge in [0.2, 0.25) is 5.43 Å². The molecule has 0 unspecified atom stereocenters. The van der Waals surface area contributed by atoms with Crippen LogP contribution in [-0.2, 0) is 11.2 Å². The number of hydrogen-bond acceptors (Lipinski definition) is 6. The first-order valence-electron chi connectivity index (χ1n) is 12.5. The van der Waals surface area contributed by atoms with Gasteiger partial charge in [0.25, 0.3) is 0 Å². The second-order valence-corrected chi connectivity index (χ2v) is 11.0. The number of rotatable bonds is 7. The number of anilines is 1. The Morgan fingerprint density at radius 1 is 1.15 bits per heavy atom. The van der Waals surface area contributed by atoms with E-state index in [9.17, 15) is 24.2 Å². The maximum atomic E-state index is 15.2. The maximum Gasteiger partial charge on any atom is 0.341 e. The first kappa shape index (κ1) is 28.8. The molecule has 3 aromatic rings. The summed E-state index contributed by atoms with van der Waals surface area (Å²) in [5.74, 6) is -2.91. The van der Waals surface area contributed by atoms with E-state index in [1.54, 1.807) is 15.5 Å². The van der Waals surface area contributed by atoms with Crippen LogP contribution >= 0.6 is 11.6 Å². The highest BCUT2D eigenvalue weighted by Gasteiger charge is 2.29. The zero-order valence-electron chi connectivity index (χ0n) is 22.2. The van der Waals surface area contributed by atoms with Gasteiger partial charge in [0, 0.05) is 37.2 Å². The quantitative estimate of drug-likeness (QED) is 0.403. The van der Waals surface area contributed by atoms with E-state index in [1.165, 1.54) is 25.4 Å². The molecule has 1 saturated heterocycles. The summed E-state index contributed by atoms with van der Waals surface area (Å²) in [4.78, 5) is 26.9. The van der Waals surface area contributed by atoms with E-state index in [-0.39, 0.29) is 29.7 Å². The van der Waals surface area contributed by atoms with Crippen LogP contribution in [0.2, 0.25) is 5.02 Å². The van der Waals surface area contributed by atoms with Crippen molar-refractivity contribution in [2.24, 2.45) is 5.41 Å². The third kappa shape index (κ3) is 5.46. The summed E-state index contributed by atoms with van der Waals surface area (Å²) in [7, 11) is 1.42. The van der Waals surface area contributed by atoms with Crippen molar-refractivity contribution in [2.75, 3.05) is 44.9 Å². The molecule has 0 bridgehead atoms. The molecule has 0 radical (unpaired) electrons. The molecule has 0 amide bonds. The fourth-order valence-corrected chi connectivity index (χ4v) is 5.17. The predicted molar refractivity (Wildman–Crippen MR) is 145 cm³/mol. The number of aliphatic hydroxyl groups excluding tert-OH is 1. The number of nitrogens with zero attached hydrogens (tertiary/aromatic N) is 2. The fourth-order valence-electron chi connectivity index (χ4n) is 4.95. The number of carboxylic acids is 1. The van der Waals surface area contributed by atoms with Crippen LogP contribution in [0.3, 0.4) is 0 Å². The molecule has 1 aliphatic heterocycles. The van der Waals surface area contributed by atoms with Gasteiger partial charge in [-0.25, -0.2) is 13.6 Å². The van der Waals surface area contributed by atoms with Crippen LogP contribution in [0, 0.1) is 17.0 Å². The topological polar surface area (TPSA) is 101 Å². The number of hydrogen-bond donors (Lipinski definition) is 2. The van der Waals surface area contributed by atoms with Crippen LogP contribution in [0.25, 0.3) is 10.9 Å². The number of carboxylic acid groups (broad SMARTS) is 1. The first-order chi connectivity index (χ1) is 18.4. The summed E-state index contributed by atoms with van der Waals surface area (Å²) < 4.78 is 42.6. The van der Waals surface area contributed by atoms with Gasteiger partial charge in [-0.3, -0.25) is 4.79 Å². The summed E-state index contributed by atoms with van der Waals surface area (Å²) in [6.07, 6.45) is 1.12. The van der Waals surface area contributed by atoms with Gasteiger partial charge in [0.05, 0.1) is 44.2 Å². The molecule has 1 aromatic heterocycles. The Balaban J connectivity index is 1.93. The minimum atomic E-state index is -1.41. The Morgan fingerprint density at radius 3 is 2.38 bits per heavy atom. The first-order valence-corrected chi connectivity index (χ1v) is 12.9. The van der Waals surface area contributed by atoms with Gasteiger partial charge in [-0.1, -0.05) is 32.4 Å². The zero-order valence-corrected chi connectivity index (χ0v) is 22.9. The number of morpholine rings is 1. The number of ether oxygens (including phenoxy) is 2. The molecule has 2 N–H and O–H groups in total. The largest absolute Gasteiger partial charge is 0.496 e. The van der Waals surface area contributed by atoms with E-state index in [4.69, 9.17) is 21.1 Å². The minimum absolute atomic E-state index is 0.0652. The molecular weight excluding hydrogens is 534 g/mol. The van der Waals surface area contributed by atoms with Crippen molar-refractivity contribution in [3.8, 4) is 5.75 Å². The van der Waals surface area contributed by atoms with Gasteiger partial charge < -0.3 is 29.2 Å². The van der Waals surface area contributed by atoms with Crippen molar-refractivity contribution < 1.29 is 33.3 Å². The minimum Gasteiger partial charge on any atom is -0.496 e. The van der Waals surface area contributed by atoms with Crippen LogP contribution in [0.1, 0.15) is 48.3 Å². The normalized spacial score (nSPS) is 15.0. The highest BCUT2D eigenvalue weighted by atomic mass is 35.5. The van der Waals surface area contributed by atoms with E-state index in [2.05, 4.69) is 0 Å². The number of aromatic carboxylic acids is 1. The summed E-state index contributed by atoms with van der Waals surface area (Å²) in [6.45, 7) is 6.96. The molecule has 0 spiro atoms. The average Bonchev–Trinajstić information content (AvgIpc) is 2.90. The summed E-state index contributed by atoms with van der Waals surface area (Å²) in [5.41, 5.74) is -0.735. The SMILES string of the molecule is COc1cc2c(cc1Cc1cc(N3CCOCC3)c(F)c(Cl)c1F)c(=O)c(C(=O)O)cn2[C@H](CO)C(C)(C)C. The number of benzene rings is 2. The van der Waals surface area contributed by atoms with Crippen LogP contribution in [0.4, 0.5) is 14.5 Å². The van der Waals surface area contributed by atoms with Crippen molar-refractivity contribution in [3.63, 3.8) is 0 Å². The molecule has 2 heterocycles. The lowest BCUT2D eigenvalue weighted by molar-refractivity contribution is 0.0692. The highest BCUT2D eigenvalue weighted by Crippen LogP contribution is 2.37. The predicted octanol–water partition coefficient (Wildman–Crippen LogP) is 4.65. The van der Waals surface area contributed by atoms with E-state index in [0.29, 0.717) is 43.1 Å². The number of carbonyl (C=O) groups is 1.